The Morgan fingerprint density at radius 3 is 2.56 bits per heavy atom. The largest absolute Gasteiger partial charge is 0.496 e. The van der Waals surface area contributed by atoms with E-state index in [1.54, 1.807) is 7.11 Å². The van der Waals surface area contributed by atoms with Gasteiger partial charge < -0.3 is 20.5 Å². The normalized spacial score (nSPS) is 12.8. The second-order valence-electron chi connectivity index (χ2n) is 4.89. The quantitative estimate of drug-likeness (QED) is 0.795. The Bertz CT molecular complexity index is 394. The first-order valence-corrected chi connectivity index (χ1v) is 6.17. The van der Waals surface area contributed by atoms with Crippen molar-refractivity contribution in [3.8, 4) is 5.75 Å². The zero-order valence-electron chi connectivity index (χ0n) is 11.7. The first-order chi connectivity index (χ1) is 8.47. The van der Waals surface area contributed by atoms with Crippen LogP contribution in [0.3, 0.4) is 0 Å². The van der Waals surface area contributed by atoms with Crippen molar-refractivity contribution in [3.63, 3.8) is 0 Å². The van der Waals surface area contributed by atoms with Crippen molar-refractivity contribution in [3.05, 3.63) is 28.8 Å². The van der Waals surface area contributed by atoms with Gasteiger partial charge in [0.05, 0.1) is 13.7 Å². The highest BCUT2D eigenvalue weighted by Crippen LogP contribution is 2.23. The van der Waals surface area contributed by atoms with Gasteiger partial charge in [0.15, 0.2) is 0 Å². The topological polar surface area (TPSA) is 58.7 Å². The first-order valence-electron chi connectivity index (χ1n) is 6.17. The van der Waals surface area contributed by atoms with Gasteiger partial charge in [0, 0.05) is 19.1 Å². The lowest BCUT2D eigenvalue weighted by molar-refractivity contribution is 0.218. The van der Waals surface area contributed by atoms with Crippen molar-refractivity contribution in [2.75, 3.05) is 27.3 Å². The van der Waals surface area contributed by atoms with Crippen LogP contribution >= 0.6 is 0 Å². The Kier molecular flexibility index (Phi) is 5.59. The smallest absolute Gasteiger partial charge is 0.122 e. The van der Waals surface area contributed by atoms with Crippen LogP contribution in [0.2, 0.25) is 0 Å². The number of nitrogens with zero attached hydrogens (tertiary/aromatic N) is 1. The van der Waals surface area contributed by atoms with E-state index in [9.17, 15) is 0 Å². The summed E-state index contributed by atoms with van der Waals surface area (Å²) in [6.45, 7) is 5.65. The maximum Gasteiger partial charge on any atom is 0.122 e. The molecule has 1 atom stereocenters. The van der Waals surface area contributed by atoms with Gasteiger partial charge in [0.2, 0.25) is 0 Å². The molecule has 1 aromatic rings. The molecular formula is C14H24N2O2. The van der Waals surface area contributed by atoms with E-state index in [0.717, 1.165) is 17.9 Å². The van der Waals surface area contributed by atoms with Crippen LogP contribution in [-0.4, -0.2) is 43.4 Å². The number of benzene rings is 1. The molecule has 0 saturated carbocycles. The van der Waals surface area contributed by atoms with Gasteiger partial charge in [0.25, 0.3) is 0 Å². The number of aliphatic hydroxyl groups is 1. The SMILES string of the molecule is COc1cc(C)c(CN(C)CC(N)CO)cc1C. The van der Waals surface area contributed by atoms with Gasteiger partial charge in [-0.15, -0.1) is 0 Å². The standard InChI is InChI=1S/C14H24N2O2/c1-10-6-14(18-4)11(2)5-12(10)7-16(3)8-13(15)9-17/h5-6,13,17H,7-9,15H2,1-4H3. The van der Waals surface area contributed by atoms with Crippen LogP contribution in [0.1, 0.15) is 16.7 Å². The molecule has 4 nitrogen and oxygen atoms in total. The number of hydrogen-bond acceptors (Lipinski definition) is 4. The van der Waals surface area contributed by atoms with E-state index < -0.39 is 0 Å². The second-order valence-corrected chi connectivity index (χ2v) is 4.89. The molecule has 1 aromatic carbocycles. The van der Waals surface area contributed by atoms with Gasteiger partial charge in [-0.25, -0.2) is 0 Å². The van der Waals surface area contributed by atoms with Gasteiger partial charge >= 0.3 is 0 Å². The van der Waals surface area contributed by atoms with E-state index in [0.29, 0.717) is 6.54 Å². The molecule has 0 saturated heterocycles. The molecule has 0 radical (unpaired) electrons. The molecule has 1 unspecified atom stereocenters. The van der Waals surface area contributed by atoms with E-state index in [1.165, 1.54) is 11.1 Å². The Hall–Kier alpha value is -1.10. The average Bonchev–Trinajstić information content (AvgIpc) is 2.33. The van der Waals surface area contributed by atoms with E-state index in [4.69, 9.17) is 15.6 Å². The van der Waals surface area contributed by atoms with Gasteiger partial charge in [0.1, 0.15) is 5.75 Å². The monoisotopic (exact) mass is 252 g/mol. The number of methoxy groups -OCH3 is 1. The Morgan fingerprint density at radius 2 is 2.00 bits per heavy atom. The van der Waals surface area contributed by atoms with Crippen LogP contribution in [0.25, 0.3) is 0 Å². The maximum absolute atomic E-state index is 8.95. The van der Waals surface area contributed by atoms with Gasteiger partial charge in [-0.3, -0.25) is 0 Å². The van der Waals surface area contributed by atoms with E-state index in [-0.39, 0.29) is 12.6 Å². The molecule has 0 amide bonds. The van der Waals surface area contributed by atoms with Crippen LogP contribution in [0.15, 0.2) is 12.1 Å². The third-order valence-corrected chi connectivity index (χ3v) is 3.07. The highest BCUT2D eigenvalue weighted by molar-refractivity contribution is 5.41. The molecule has 0 bridgehead atoms. The number of aliphatic hydroxyl groups excluding tert-OH is 1. The molecule has 0 fully saturated rings. The second kappa shape index (κ2) is 6.73. The highest BCUT2D eigenvalue weighted by Gasteiger charge is 2.09. The molecule has 0 aromatic heterocycles. The van der Waals surface area contributed by atoms with Crippen molar-refractivity contribution in [2.24, 2.45) is 5.73 Å². The van der Waals surface area contributed by atoms with E-state index in [1.807, 2.05) is 14.0 Å². The van der Waals surface area contributed by atoms with Crippen LogP contribution in [0.4, 0.5) is 0 Å². The Balaban J connectivity index is 2.75. The summed E-state index contributed by atoms with van der Waals surface area (Å²) < 4.78 is 5.30. The summed E-state index contributed by atoms with van der Waals surface area (Å²) in [7, 11) is 3.70. The third kappa shape index (κ3) is 3.98. The first kappa shape index (κ1) is 15.0. The highest BCUT2D eigenvalue weighted by atomic mass is 16.5. The summed E-state index contributed by atoms with van der Waals surface area (Å²) in [6.07, 6.45) is 0. The van der Waals surface area contributed by atoms with Crippen LogP contribution < -0.4 is 10.5 Å². The lowest BCUT2D eigenvalue weighted by Gasteiger charge is -2.21. The molecule has 0 aliphatic heterocycles. The molecule has 0 aliphatic rings. The van der Waals surface area contributed by atoms with Crippen molar-refractivity contribution in [1.82, 2.24) is 4.90 Å². The lowest BCUT2D eigenvalue weighted by Crippen LogP contribution is -2.37. The fourth-order valence-electron chi connectivity index (χ4n) is 2.05. The summed E-state index contributed by atoms with van der Waals surface area (Å²) >= 11 is 0. The summed E-state index contributed by atoms with van der Waals surface area (Å²) in [6, 6.07) is 4.02. The summed E-state index contributed by atoms with van der Waals surface area (Å²) in [4.78, 5) is 2.12. The lowest BCUT2D eigenvalue weighted by atomic mass is 10.0. The fourth-order valence-corrected chi connectivity index (χ4v) is 2.05. The van der Waals surface area contributed by atoms with Crippen LogP contribution in [0, 0.1) is 13.8 Å². The molecule has 1 rings (SSSR count). The number of nitrogens with two attached hydrogens (primary N) is 1. The van der Waals surface area contributed by atoms with Gasteiger partial charge in [-0.2, -0.15) is 0 Å². The average molecular weight is 252 g/mol. The zero-order chi connectivity index (χ0) is 13.7. The molecule has 18 heavy (non-hydrogen) atoms. The summed E-state index contributed by atoms with van der Waals surface area (Å²) in [5.74, 6) is 0.922. The van der Waals surface area contributed by atoms with Gasteiger partial charge in [-0.05, 0) is 43.7 Å². The molecular weight excluding hydrogens is 228 g/mol. The van der Waals surface area contributed by atoms with Crippen molar-refractivity contribution in [2.45, 2.75) is 26.4 Å². The zero-order valence-corrected chi connectivity index (χ0v) is 11.7. The summed E-state index contributed by atoms with van der Waals surface area (Å²) in [5.41, 5.74) is 9.34. The molecule has 0 heterocycles. The Labute approximate surface area is 109 Å². The minimum atomic E-state index is -0.186. The third-order valence-electron chi connectivity index (χ3n) is 3.07. The molecule has 3 N–H and O–H groups in total. The van der Waals surface area contributed by atoms with Crippen molar-refractivity contribution >= 4 is 0 Å². The van der Waals surface area contributed by atoms with E-state index in [2.05, 4.69) is 24.0 Å². The maximum atomic E-state index is 8.95. The molecule has 102 valence electrons. The summed E-state index contributed by atoms with van der Waals surface area (Å²) in [5, 5.41) is 8.95. The predicted molar refractivity (Wildman–Crippen MR) is 73.9 cm³/mol. The van der Waals surface area contributed by atoms with Crippen molar-refractivity contribution in [1.29, 1.82) is 0 Å². The van der Waals surface area contributed by atoms with Crippen LogP contribution in [-0.2, 0) is 6.54 Å². The minimum absolute atomic E-state index is 0.0188. The minimum Gasteiger partial charge on any atom is -0.496 e. The molecule has 4 heteroatoms. The van der Waals surface area contributed by atoms with Crippen molar-refractivity contribution < 1.29 is 9.84 Å². The van der Waals surface area contributed by atoms with Crippen LogP contribution in [0.5, 0.6) is 5.75 Å². The Morgan fingerprint density at radius 1 is 1.33 bits per heavy atom. The number of likely N-dealkylation sites (N-methyl/N-ethyl adjacent to an activating group) is 1. The predicted octanol–water partition coefficient (Wildman–Crippen LogP) is 1.06. The number of rotatable bonds is 6. The number of aryl methyl sites for hydroxylation is 2. The fraction of sp³-hybridized carbons (Fsp3) is 0.571. The van der Waals surface area contributed by atoms with E-state index >= 15 is 0 Å². The number of ether oxygens (including phenoxy) is 1. The molecule has 0 spiro atoms. The number of hydrogen-bond donors (Lipinski definition) is 2. The van der Waals surface area contributed by atoms with Gasteiger partial charge in [-0.1, -0.05) is 6.07 Å². The molecule has 0 aliphatic carbocycles.